The zero-order valence-corrected chi connectivity index (χ0v) is 42.7. The molecule has 8 nitrogen and oxygen atoms in total. The Hall–Kier alpha value is -4.34. The minimum absolute atomic E-state index is 0.0175. The van der Waals surface area contributed by atoms with Gasteiger partial charge in [0.05, 0.1) is 0 Å². The summed E-state index contributed by atoms with van der Waals surface area (Å²) in [5, 5.41) is 18.7. The summed E-state index contributed by atoms with van der Waals surface area (Å²) in [6, 6.07) is 18.5. The second-order valence-electron chi connectivity index (χ2n) is 21.3. The number of hydrogen-bond acceptors (Lipinski definition) is 6. The predicted molar refractivity (Wildman–Crippen MR) is 248 cm³/mol. The van der Waals surface area contributed by atoms with E-state index in [4.69, 9.17) is 16.3 Å². The van der Waals surface area contributed by atoms with Crippen LogP contribution in [0.5, 0.6) is 11.5 Å². The van der Waals surface area contributed by atoms with Crippen molar-refractivity contribution < 1.29 is 32.5 Å². The van der Waals surface area contributed by atoms with Crippen molar-refractivity contribution in [2.45, 2.75) is 154 Å². The van der Waals surface area contributed by atoms with Gasteiger partial charge in [-0.1, -0.05) is 0 Å². The van der Waals surface area contributed by atoms with Gasteiger partial charge < -0.3 is 0 Å². The van der Waals surface area contributed by atoms with Crippen molar-refractivity contribution in [2.75, 3.05) is 0 Å². The molecule has 0 N–H and O–H groups in total. The van der Waals surface area contributed by atoms with Gasteiger partial charge in [0.1, 0.15) is 0 Å². The first kappa shape index (κ1) is 50.1. The Morgan fingerprint density at radius 1 is 0.462 bits per heavy atom. The maximum atomic E-state index is 13.9. The van der Waals surface area contributed by atoms with E-state index in [-0.39, 0.29) is 32.7 Å². The van der Waals surface area contributed by atoms with Crippen LogP contribution in [-0.4, -0.2) is 49.2 Å². The molecule has 0 aliphatic carbocycles. The van der Waals surface area contributed by atoms with Crippen LogP contribution >= 0.6 is 0 Å². The van der Waals surface area contributed by atoms with Crippen molar-refractivity contribution in [3.63, 3.8) is 0 Å². The van der Waals surface area contributed by atoms with Gasteiger partial charge in [-0.25, -0.2) is 0 Å². The van der Waals surface area contributed by atoms with E-state index >= 15 is 0 Å². The SMILES string of the molecule is CCC[CH2][Sn]([CH2]CCC)([O]c1ccc(C(C)(C)CC(C)(C)C)cc1-n1nc2ccc(C(F)(F)F)cc2n1)[O]c1ccc(C(C)(C)CC(C)(C)C)cc1-n1nc2ccc(C(F)(F)F)cc2n1. The van der Waals surface area contributed by atoms with E-state index in [2.05, 4.69) is 93.3 Å². The molecule has 0 aliphatic rings. The molecule has 0 radical (unpaired) electrons. The molecule has 0 saturated carbocycles. The van der Waals surface area contributed by atoms with Crippen molar-refractivity contribution in [1.82, 2.24) is 30.0 Å². The summed E-state index contributed by atoms with van der Waals surface area (Å²) in [5.41, 5.74) is 1.39. The number of benzene rings is 4. The molecular weight excluding hydrogens is 949 g/mol. The summed E-state index contributed by atoms with van der Waals surface area (Å²) in [6.45, 7) is 26.0. The second-order valence-corrected chi connectivity index (χ2v) is 30.5. The third kappa shape index (κ3) is 12.2. The van der Waals surface area contributed by atoms with Crippen molar-refractivity contribution in [3.8, 4) is 22.9 Å². The summed E-state index contributed by atoms with van der Waals surface area (Å²) < 4.78 is 99.3. The number of fused-ring (bicyclic) bond motifs is 2. The molecule has 0 fully saturated rings. The summed E-state index contributed by atoms with van der Waals surface area (Å²) in [5.74, 6) is 0.901. The van der Waals surface area contributed by atoms with Crippen LogP contribution < -0.4 is 6.15 Å². The molecule has 0 amide bonds. The molecule has 0 unspecified atom stereocenters. The zero-order chi connectivity index (χ0) is 48.0. The Kier molecular flexibility index (Phi) is 14.2. The molecule has 352 valence electrons. The van der Waals surface area contributed by atoms with Crippen LogP contribution in [-0.2, 0) is 23.2 Å². The van der Waals surface area contributed by atoms with Crippen LogP contribution in [0.1, 0.15) is 144 Å². The van der Waals surface area contributed by atoms with Gasteiger partial charge in [-0.3, -0.25) is 0 Å². The molecule has 0 atom stereocenters. The van der Waals surface area contributed by atoms with Crippen LogP contribution in [0.4, 0.5) is 26.3 Å². The fourth-order valence-corrected chi connectivity index (χ4v) is 19.6. The molecule has 2 heterocycles. The van der Waals surface area contributed by atoms with Crippen molar-refractivity contribution in [1.29, 1.82) is 0 Å². The fourth-order valence-electron chi connectivity index (χ4n) is 9.26. The standard InChI is InChI=1S/2C21H24F3N3O.2C4H9.Sn/c2*1-19(2,3)12-20(4,5)13-7-9-18(28)17(11-13)27-25-15-8-6-14(21(22,23)24)10-16(15)26-27;2*1-3-4-2;/h2*6-11,28H,12H2,1-5H3;2*1,3-4H2,2H3;/q;;;;+2/p-2. The van der Waals surface area contributed by atoms with Crippen LogP contribution in [0.15, 0.2) is 72.8 Å². The molecule has 0 bridgehead atoms. The molecule has 0 saturated heterocycles. The monoisotopic (exact) mass is 1010 g/mol. The summed E-state index contributed by atoms with van der Waals surface area (Å²) in [6.07, 6.45) is -4.13. The zero-order valence-electron chi connectivity index (χ0n) is 39.9. The number of unbranched alkanes of at least 4 members (excludes halogenated alkanes) is 2. The Morgan fingerprint density at radius 3 is 1.12 bits per heavy atom. The van der Waals surface area contributed by atoms with Gasteiger partial charge in [0.25, 0.3) is 0 Å². The van der Waals surface area contributed by atoms with Crippen molar-refractivity contribution in [2.24, 2.45) is 10.8 Å². The van der Waals surface area contributed by atoms with E-state index in [1.807, 2.05) is 36.4 Å². The molecular formula is C50H64F6N6O2Sn. The Bertz CT molecular complexity index is 2440. The van der Waals surface area contributed by atoms with Gasteiger partial charge in [-0.05, 0) is 0 Å². The third-order valence-electron chi connectivity index (χ3n) is 11.7. The molecule has 0 spiro atoms. The van der Waals surface area contributed by atoms with Gasteiger partial charge >= 0.3 is 386 Å². The van der Waals surface area contributed by atoms with Crippen molar-refractivity contribution in [3.05, 3.63) is 95.1 Å². The predicted octanol–water partition coefficient (Wildman–Crippen LogP) is 15.1. The fraction of sp³-hybridized carbons (Fsp3) is 0.520. The van der Waals surface area contributed by atoms with Gasteiger partial charge in [0, 0.05) is 0 Å². The van der Waals surface area contributed by atoms with Gasteiger partial charge in [-0.15, -0.1) is 0 Å². The third-order valence-corrected chi connectivity index (χ3v) is 21.4. The van der Waals surface area contributed by atoms with E-state index in [1.54, 1.807) is 0 Å². The van der Waals surface area contributed by atoms with Crippen LogP contribution in [0.3, 0.4) is 0 Å². The topological polar surface area (TPSA) is 79.9 Å². The first-order chi connectivity index (χ1) is 30.0. The average Bonchev–Trinajstić information content (AvgIpc) is 3.81. The van der Waals surface area contributed by atoms with E-state index in [9.17, 15) is 26.3 Å². The number of halogens is 6. The quantitative estimate of drug-likeness (QED) is 0.0710. The molecule has 0 aliphatic heterocycles. The number of hydrogen-bond donors (Lipinski definition) is 0. The Morgan fingerprint density at radius 2 is 0.800 bits per heavy atom. The number of alkyl halides is 6. The number of nitrogens with zero attached hydrogens (tertiary/aromatic N) is 6. The Labute approximate surface area is 384 Å². The van der Waals surface area contributed by atoms with E-state index < -0.39 is 42.7 Å². The molecule has 65 heavy (non-hydrogen) atoms. The molecule has 2 aromatic heterocycles. The second kappa shape index (κ2) is 18.4. The van der Waals surface area contributed by atoms with E-state index in [0.717, 1.165) is 73.9 Å². The summed E-state index contributed by atoms with van der Waals surface area (Å²) in [4.78, 5) is 2.75. The summed E-state index contributed by atoms with van der Waals surface area (Å²) in [7, 11) is 0. The molecule has 6 rings (SSSR count). The average molecular weight is 1010 g/mol. The van der Waals surface area contributed by atoms with Crippen LogP contribution in [0.25, 0.3) is 33.4 Å². The van der Waals surface area contributed by atoms with Gasteiger partial charge in [0.15, 0.2) is 0 Å². The summed E-state index contributed by atoms with van der Waals surface area (Å²) >= 11 is -4.51. The molecule has 6 aromatic rings. The first-order valence-electron chi connectivity index (χ1n) is 22.6. The molecule has 4 aromatic carbocycles. The number of rotatable bonds is 16. The maximum absolute atomic E-state index is 13.9. The van der Waals surface area contributed by atoms with Gasteiger partial charge in [-0.2, -0.15) is 0 Å². The van der Waals surface area contributed by atoms with E-state index in [1.165, 1.54) is 21.7 Å². The Balaban J connectivity index is 1.55. The van der Waals surface area contributed by atoms with Crippen LogP contribution in [0, 0.1) is 10.8 Å². The van der Waals surface area contributed by atoms with Gasteiger partial charge in [0.2, 0.25) is 0 Å². The normalized spacial score (nSPS) is 13.6. The number of aromatic nitrogens is 6. The van der Waals surface area contributed by atoms with Crippen LogP contribution in [0.2, 0.25) is 8.87 Å². The molecule has 15 heteroatoms. The first-order valence-corrected chi connectivity index (χ1v) is 28.9. The van der Waals surface area contributed by atoms with Crippen molar-refractivity contribution >= 4 is 41.3 Å². The van der Waals surface area contributed by atoms with E-state index in [0.29, 0.717) is 42.8 Å². The minimum atomic E-state index is -4.56.